The van der Waals surface area contributed by atoms with E-state index in [2.05, 4.69) is 15.3 Å². The van der Waals surface area contributed by atoms with Crippen molar-refractivity contribution in [3.05, 3.63) is 54.1 Å². The first-order valence-electron chi connectivity index (χ1n) is 6.79. The summed E-state index contributed by atoms with van der Waals surface area (Å²) in [6.45, 7) is 0.784. The van der Waals surface area contributed by atoms with Gasteiger partial charge in [0.2, 0.25) is 0 Å². The average Bonchev–Trinajstić information content (AvgIpc) is 3.11. The zero-order valence-electron chi connectivity index (χ0n) is 11.1. The van der Waals surface area contributed by atoms with Gasteiger partial charge in [0.15, 0.2) is 5.78 Å². The third-order valence-corrected chi connectivity index (χ3v) is 3.50. The quantitative estimate of drug-likeness (QED) is 0.874. The standard InChI is InChI=1S/C15H17N3O2/c19-14-7-11(15-2-1-5-20-15)6-13(8-14)17-4-3-12-9-16-10-18-12/h1-2,5,8-11,17H,3-4,6-7H2,(H,16,18)/t11-/m1/s1. The van der Waals surface area contributed by atoms with Crippen molar-refractivity contribution in [2.75, 3.05) is 6.54 Å². The number of carbonyl (C=O) groups excluding carboxylic acids is 1. The number of nitrogens with zero attached hydrogens (tertiary/aromatic N) is 1. The van der Waals surface area contributed by atoms with E-state index in [-0.39, 0.29) is 11.7 Å². The van der Waals surface area contributed by atoms with Crippen molar-refractivity contribution < 1.29 is 9.21 Å². The van der Waals surface area contributed by atoms with E-state index < -0.39 is 0 Å². The zero-order valence-corrected chi connectivity index (χ0v) is 11.1. The van der Waals surface area contributed by atoms with Gasteiger partial charge in [0.25, 0.3) is 0 Å². The molecule has 0 unspecified atom stereocenters. The lowest BCUT2D eigenvalue weighted by atomic mass is 9.89. The Kier molecular flexibility index (Phi) is 3.67. The summed E-state index contributed by atoms with van der Waals surface area (Å²) in [5.41, 5.74) is 2.07. The summed E-state index contributed by atoms with van der Waals surface area (Å²) < 4.78 is 5.41. The van der Waals surface area contributed by atoms with E-state index in [0.717, 1.165) is 36.5 Å². The number of aromatic amines is 1. The number of aromatic nitrogens is 2. The van der Waals surface area contributed by atoms with E-state index >= 15 is 0 Å². The Morgan fingerprint density at radius 2 is 2.40 bits per heavy atom. The van der Waals surface area contributed by atoms with E-state index in [1.165, 1.54) is 0 Å². The van der Waals surface area contributed by atoms with Crippen LogP contribution in [0.2, 0.25) is 0 Å². The Morgan fingerprint density at radius 1 is 1.45 bits per heavy atom. The molecule has 0 aromatic carbocycles. The Balaban J connectivity index is 1.57. The van der Waals surface area contributed by atoms with Crippen LogP contribution in [0.1, 0.15) is 30.2 Å². The molecule has 0 bridgehead atoms. The van der Waals surface area contributed by atoms with Crippen LogP contribution in [0.5, 0.6) is 0 Å². The Morgan fingerprint density at radius 3 is 3.15 bits per heavy atom. The minimum Gasteiger partial charge on any atom is -0.469 e. The molecule has 2 heterocycles. The highest BCUT2D eigenvalue weighted by atomic mass is 16.3. The van der Waals surface area contributed by atoms with E-state index in [1.807, 2.05) is 18.3 Å². The summed E-state index contributed by atoms with van der Waals surface area (Å²) in [6.07, 6.45) is 9.06. The summed E-state index contributed by atoms with van der Waals surface area (Å²) in [7, 11) is 0. The first-order valence-corrected chi connectivity index (χ1v) is 6.79. The maximum atomic E-state index is 11.8. The molecular formula is C15H17N3O2. The first kappa shape index (κ1) is 12.7. The van der Waals surface area contributed by atoms with E-state index in [1.54, 1.807) is 18.7 Å². The SMILES string of the molecule is O=C1C=C(NCCc2cnc[nH]2)C[C@@H](c2ccco2)C1. The van der Waals surface area contributed by atoms with Gasteiger partial charge in [0.1, 0.15) is 5.76 Å². The Labute approximate surface area is 117 Å². The number of ketones is 1. The van der Waals surface area contributed by atoms with Gasteiger partial charge in [-0.3, -0.25) is 4.79 Å². The molecule has 0 radical (unpaired) electrons. The molecule has 0 aliphatic heterocycles. The van der Waals surface area contributed by atoms with Crippen molar-refractivity contribution >= 4 is 5.78 Å². The molecule has 0 amide bonds. The summed E-state index contributed by atoms with van der Waals surface area (Å²) in [5, 5.41) is 3.33. The number of allylic oxidation sites excluding steroid dienone is 2. The van der Waals surface area contributed by atoms with Crippen molar-refractivity contribution in [1.82, 2.24) is 15.3 Å². The van der Waals surface area contributed by atoms with Crippen LogP contribution in [0.15, 0.2) is 47.1 Å². The number of carbonyl (C=O) groups is 1. The van der Waals surface area contributed by atoms with Gasteiger partial charge in [-0.2, -0.15) is 0 Å². The van der Waals surface area contributed by atoms with Crippen LogP contribution in [0, 0.1) is 0 Å². The van der Waals surface area contributed by atoms with E-state index in [9.17, 15) is 4.79 Å². The van der Waals surface area contributed by atoms with Gasteiger partial charge >= 0.3 is 0 Å². The fourth-order valence-corrected chi connectivity index (χ4v) is 2.52. The third-order valence-electron chi connectivity index (χ3n) is 3.50. The second-order valence-electron chi connectivity index (χ2n) is 5.01. The molecule has 2 aromatic heterocycles. The highest BCUT2D eigenvalue weighted by Gasteiger charge is 2.23. The third kappa shape index (κ3) is 2.99. The average molecular weight is 271 g/mol. The van der Waals surface area contributed by atoms with E-state index in [4.69, 9.17) is 4.42 Å². The maximum Gasteiger partial charge on any atom is 0.158 e. The van der Waals surface area contributed by atoms with Crippen LogP contribution in [-0.4, -0.2) is 22.3 Å². The summed E-state index contributed by atoms with van der Waals surface area (Å²) >= 11 is 0. The lowest BCUT2D eigenvalue weighted by Crippen LogP contribution is -2.23. The number of hydrogen-bond acceptors (Lipinski definition) is 4. The van der Waals surface area contributed by atoms with Gasteiger partial charge < -0.3 is 14.7 Å². The molecule has 1 aliphatic rings. The molecule has 0 fully saturated rings. The molecular weight excluding hydrogens is 254 g/mol. The minimum atomic E-state index is 0.150. The smallest absolute Gasteiger partial charge is 0.158 e. The van der Waals surface area contributed by atoms with Crippen LogP contribution < -0.4 is 5.32 Å². The molecule has 1 aliphatic carbocycles. The molecule has 5 heteroatoms. The molecule has 0 saturated heterocycles. The summed E-state index contributed by atoms with van der Waals surface area (Å²) in [4.78, 5) is 18.8. The van der Waals surface area contributed by atoms with Crippen molar-refractivity contribution in [1.29, 1.82) is 0 Å². The molecule has 104 valence electrons. The van der Waals surface area contributed by atoms with E-state index in [0.29, 0.717) is 6.42 Å². The maximum absolute atomic E-state index is 11.8. The number of rotatable bonds is 5. The van der Waals surface area contributed by atoms with Gasteiger partial charge in [-0.15, -0.1) is 0 Å². The monoisotopic (exact) mass is 271 g/mol. The van der Waals surface area contributed by atoms with Crippen LogP contribution in [-0.2, 0) is 11.2 Å². The molecule has 0 saturated carbocycles. The van der Waals surface area contributed by atoms with Gasteiger partial charge in [-0.25, -0.2) is 4.98 Å². The highest BCUT2D eigenvalue weighted by molar-refractivity contribution is 5.91. The molecule has 2 N–H and O–H groups in total. The van der Waals surface area contributed by atoms with Gasteiger partial charge in [0, 0.05) is 49.0 Å². The van der Waals surface area contributed by atoms with Gasteiger partial charge in [0.05, 0.1) is 12.6 Å². The minimum absolute atomic E-state index is 0.150. The Bertz CT molecular complexity index is 585. The van der Waals surface area contributed by atoms with Crippen LogP contribution in [0.3, 0.4) is 0 Å². The van der Waals surface area contributed by atoms with Gasteiger partial charge in [-0.1, -0.05) is 0 Å². The molecule has 20 heavy (non-hydrogen) atoms. The first-order chi connectivity index (χ1) is 9.81. The summed E-state index contributed by atoms with van der Waals surface area (Å²) in [6, 6.07) is 3.80. The van der Waals surface area contributed by atoms with Crippen molar-refractivity contribution in [2.24, 2.45) is 0 Å². The number of H-pyrrole nitrogens is 1. The largest absolute Gasteiger partial charge is 0.469 e. The van der Waals surface area contributed by atoms with Crippen LogP contribution in [0.25, 0.3) is 0 Å². The second kappa shape index (κ2) is 5.77. The zero-order chi connectivity index (χ0) is 13.8. The second-order valence-corrected chi connectivity index (χ2v) is 5.01. The molecule has 0 spiro atoms. The lowest BCUT2D eigenvalue weighted by Gasteiger charge is -2.21. The number of imidazole rings is 1. The summed E-state index contributed by atoms with van der Waals surface area (Å²) in [5.74, 6) is 1.19. The molecule has 1 atom stereocenters. The molecule has 2 aromatic rings. The lowest BCUT2D eigenvalue weighted by molar-refractivity contribution is -0.115. The van der Waals surface area contributed by atoms with Crippen LogP contribution >= 0.6 is 0 Å². The predicted octanol–water partition coefficient (Wildman–Crippen LogP) is 2.17. The van der Waals surface area contributed by atoms with Gasteiger partial charge in [-0.05, 0) is 18.6 Å². The molecule has 5 nitrogen and oxygen atoms in total. The number of hydrogen-bond donors (Lipinski definition) is 2. The number of furan rings is 1. The van der Waals surface area contributed by atoms with Crippen molar-refractivity contribution in [3.63, 3.8) is 0 Å². The normalized spacial score (nSPS) is 18.9. The van der Waals surface area contributed by atoms with Crippen molar-refractivity contribution in [2.45, 2.75) is 25.2 Å². The fraction of sp³-hybridized carbons (Fsp3) is 0.333. The highest BCUT2D eigenvalue weighted by Crippen LogP contribution is 2.30. The Hall–Kier alpha value is -2.30. The molecule has 3 rings (SSSR count). The van der Waals surface area contributed by atoms with Crippen LogP contribution in [0.4, 0.5) is 0 Å². The number of nitrogens with one attached hydrogen (secondary N) is 2. The fourth-order valence-electron chi connectivity index (χ4n) is 2.52. The topological polar surface area (TPSA) is 70.9 Å². The predicted molar refractivity (Wildman–Crippen MR) is 74.1 cm³/mol. The van der Waals surface area contributed by atoms with Crippen molar-refractivity contribution in [3.8, 4) is 0 Å².